The van der Waals surface area contributed by atoms with Crippen molar-refractivity contribution in [2.75, 3.05) is 26.2 Å². The van der Waals surface area contributed by atoms with E-state index >= 15 is 0 Å². The van der Waals surface area contributed by atoms with Crippen LogP contribution in [0.4, 0.5) is 0 Å². The fourth-order valence-electron chi connectivity index (χ4n) is 3.07. The highest BCUT2D eigenvalue weighted by molar-refractivity contribution is 7.80. The predicted octanol–water partition coefficient (Wildman–Crippen LogP) is 1.04. The van der Waals surface area contributed by atoms with Gasteiger partial charge in [-0.25, -0.2) is 0 Å². The van der Waals surface area contributed by atoms with E-state index < -0.39 is 5.41 Å². The minimum Gasteiger partial charge on any atom is -0.392 e. The van der Waals surface area contributed by atoms with Crippen LogP contribution in [-0.4, -0.2) is 42.0 Å². The summed E-state index contributed by atoms with van der Waals surface area (Å²) in [5, 5.41) is 3.03. The van der Waals surface area contributed by atoms with E-state index in [-0.39, 0.29) is 5.91 Å². The lowest BCUT2D eigenvalue weighted by molar-refractivity contribution is -0.127. The van der Waals surface area contributed by atoms with Crippen LogP contribution in [0.25, 0.3) is 0 Å². The first kappa shape index (κ1) is 13.7. The minimum absolute atomic E-state index is 0.0479. The Morgan fingerprint density at radius 2 is 1.83 bits per heavy atom. The van der Waals surface area contributed by atoms with Crippen LogP contribution in [0, 0.1) is 5.41 Å². The summed E-state index contributed by atoms with van der Waals surface area (Å²) in [5.41, 5.74) is 5.23. The van der Waals surface area contributed by atoms with Crippen molar-refractivity contribution in [2.24, 2.45) is 11.1 Å². The third kappa shape index (κ3) is 2.83. The fraction of sp³-hybridized carbons (Fsp3) is 0.846. The van der Waals surface area contributed by atoms with E-state index in [0.717, 1.165) is 45.3 Å². The van der Waals surface area contributed by atoms with E-state index in [2.05, 4.69) is 10.2 Å². The zero-order valence-electron chi connectivity index (χ0n) is 10.9. The Kier molecular flexibility index (Phi) is 4.56. The number of likely N-dealkylation sites (tertiary alicyclic amines) is 1. The van der Waals surface area contributed by atoms with Gasteiger partial charge in [0.2, 0.25) is 5.91 Å². The number of thiocarbonyl (C=S) groups is 1. The van der Waals surface area contributed by atoms with Gasteiger partial charge in [-0.3, -0.25) is 4.79 Å². The highest BCUT2D eigenvalue weighted by atomic mass is 32.1. The summed E-state index contributed by atoms with van der Waals surface area (Å²) in [4.78, 5) is 15.1. The second-order valence-electron chi connectivity index (χ2n) is 5.46. The molecule has 0 spiro atoms. The number of nitrogens with one attached hydrogen (secondary N) is 1. The molecule has 2 rings (SSSR count). The molecule has 0 unspecified atom stereocenters. The van der Waals surface area contributed by atoms with E-state index in [1.165, 1.54) is 12.8 Å². The monoisotopic (exact) mass is 269 g/mol. The molecule has 2 aliphatic rings. The number of carbonyl (C=O) groups excluding carboxylic acids is 1. The van der Waals surface area contributed by atoms with E-state index in [1.807, 2.05) is 0 Å². The van der Waals surface area contributed by atoms with Crippen LogP contribution < -0.4 is 11.1 Å². The molecule has 1 saturated carbocycles. The van der Waals surface area contributed by atoms with Crippen molar-refractivity contribution in [3.05, 3.63) is 0 Å². The van der Waals surface area contributed by atoms with Crippen molar-refractivity contribution in [3.63, 3.8) is 0 Å². The molecule has 0 aromatic heterocycles. The molecule has 102 valence electrons. The molecule has 5 heteroatoms. The molecule has 18 heavy (non-hydrogen) atoms. The lowest BCUT2D eigenvalue weighted by Crippen LogP contribution is -2.48. The van der Waals surface area contributed by atoms with Gasteiger partial charge in [-0.15, -0.1) is 0 Å². The third-order valence-electron chi connectivity index (χ3n) is 4.28. The average molecular weight is 269 g/mol. The molecular formula is C13H23N3OS. The Morgan fingerprint density at radius 3 is 2.39 bits per heavy atom. The van der Waals surface area contributed by atoms with E-state index in [1.54, 1.807) is 0 Å². The van der Waals surface area contributed by atoms with Crippen LogP contribution >= 0.6 is 12.2 Å². The SMILES string of the molecule is NC(=S)C1(C(=O)NCCN2CCCC2)CCCC1. The molecular weight excluding hydrogens is 246 g/mol. The number of rotatable bonds is 5. The second-order valence-corrected chi connectivity index (χ2v) is 5.90. The molecule has 1 heterocycles. The summed E-state index contributed by atoms with van der Waals surface area (Å²) in [6, 6.07) is 0. The van der Waals surface area contributed by atoms with Gasteiger partial charge in [-0.2, -0.15) is 0 Å². The molecule has 0 bridgehead atoms. The summed E-state index contributed by atoms with van der Waals surface area (Å²) >= 11 is 5.11. The summed E-state index contributed by atoms with van der Waals surface area (Å²) < 4.78 is 0. The van der Waals surface area contributed by atoms with Crippen LogP contribution in [0.2, 0.25) is 0 Å². The lowest BCUT2D eigenvalue weighted by atomic mass is 9.85. The standard InChI is InChI=1S/C13H23N3OS/c14-11(18)13(5-1-2-6-13)12(17)15-7-10-16-8-3-4-9-16/h1-10H2,(H2,14,18)(H,15,17). The van der Waals surface area contributed by atoms with Gasteiger partial charge in [0.05, 0.1) is 10.4 Å². The van der Waals surface area contributed by atoms with Crippen LogP contribution in [-0.2, 0) is 4.79 Å². The molecule has 1 aliphatic carbocycles. The van der Waals surface area contributed by atoms with E-state index in [0.29, 0.717) is 11.5 Å². The number of amides is 1. The van der Waals surface area contributed by atoms with Crippen LogP contribution in [0.15, 0.2) is 0 Å². The molecule has 0 aromatic carbocycles. The van der Waals surface area contributed by atoms with Crippen molar-refractivity contribution < 1.29 is 4.79 Å². The van der Waals surface area contributed by atoms with Gasteiger partial charge in [0.15, 0.2) is 0 Å². The summed E-state index contributed by atoms with van der Waals surface area (Å²) in [6.45, 7) is 3.98. The zero-order chi connectivity index (χ0) is 13.0. The van der Waals surface area contributed by atoms with Crippen molar-refractivity contribution >= 4 is 23.1 Å². The van der Waals surface area contributed by atoms with Gasteiger partial charge in [0.25, 0.3) is 0 Å². The number of hydrogen-bond donors (Lipinski definition) is 2. The Balaban J connectivity index is 1.80. The normalized spacial score (nSPS) is 23.1. The Hall–Kier alpha value is -0.680. The smallest absolute Gasteiger partial charge is 0.233 e. The maximum atomic E-state index is 12.3. The minimum atomic E-state index is -0.555. The van der Waals surface area contributed by atoms with Gasteiger partial charge < -0.3 is 16.0 Å². The van der Waals surface area contributed by atoms with Crippen molar-refractivity contribution in [1.82, 2.24) is 10.2 Å². The van der Waals surface area contributed by atoms with Gasteiger partial charge in [-0.1, -0.05) is 25.1 Å². The maximum Gasteiger partial charge on any atom is 0.233 e. The first-order valence-corrected chi connectivity index (χ1v) is 7.36. The second kappa shape index (κ2) is 5.97. The molecule has 3 N–H and O–H groups in total. The largest absolute Gasteiger partial charge is 0.392 e. The number of carbonyl (C=O) groups is 1. The van der Waals surface area contributed by atoms with Crippen LogP contribution in [0.1, 0.15) is 38.5 Å². The Bertz CT molecular complexity index is 320. The van der Waals surface area contributed by atoms with E-state index in [9.17, 15) is 4.79 Å². The Labute approximate surface area is 114 Å². The Morgan fingerprint density at radius 1 is 1.22 bits per heavy atom. The first-order valence-electron chi connectivity index (χ1n) is 6.96. The number of hydrogen-bond acceptors (Lipinski definition) is 3. The van der Waals surface area contributed by atoms with Crippen LogP contribution in [0.5, 0.6) is 0 Å². The summed E-state index contributed by atoms with van der Waals surface area (Å²) in [5.74, 6) is 0.0479. The third-order valence-corrected chi connectivity index (χ3v) is 4.67. The first-order chi connectivity index (χ1) is 8.65. The zero-order valence-corrected chi connectivity index (χ0v) is 11.7. The highest BCUT2D eigenvalue weighted by Gasteiger charge is 2.43. The fourth-order valence-corrected chi connectivity index (χ4v) is 3.36. The van der Waals surface area contributed by atoms with Crippen molar-refractivity contribution in [2.45, 2.75) is 38.5 Å². The molecule has 0 radical (unpaired) electrons. The summed E-state index contributed by atoms with van der Waals surface area (Å²) in [6.07, 6.45) is 6.30. The molecule has 1 aliphatic heterocycles. The molecule has 1 saturated heterocycles. The van der Waals surface area contributed by atoms with Crippen molar-refractivity contribution in [1.29, 1.82) is 0 Å². The molecule has 0 aromatic rings. The number of nitrogens with two attached hydrogens (primary N) is 1. The van der Waals surface area contributed by atoms with Gasteiger partial charge in [-0.05, 0) is 38.8 Å². The molecule has 1 amide bonds. The maximum absolute atomic E-state index is 12.3. The van der Waals surface area contributed by atoms with Crippen LogP contribution in [0.3, 0.4) is 0 Å². The number of nitrogens with zero attached hydrogens (tertiary/aromatic N) is 1. The predicted molar refractivity (Wildman–Crippen MR) is 76.4 cm³/mol. The quantitative estimate of drug-likeness (QED) is 0.732. The molecule has 0 atom stereocenters. The van der Waals surface area contributed by atoms with Gasteiger partial charge in [0, 0.05) is 13.1 Å². The average Bonchev–Trinajstić information content (AvgIpc) is 3.00. The van der Waals surface area contributed by atoms with Gasteiger partial charge >= 0.3 is 0 Å². The lowest BCUT2D eigenvalue weighted by Gasteiger charge is -2.26. The van der Waals surface area contributed by atoms with Crippen molar-refractivity contribution in [3.8, 4) is 0 Å². The van der Waals surface area contributed by atoms with E-state index in [4.69, 9.17) is 18.0 Å². The highest BCUT2D eigenvalue weighted by Crippen LogP contribution is 2.38. The topological polar surface area (TPSA) is 58.4 Å². The molecule has 4 nitrogen and oxygen atoms in total. The van der Waals surface area contributed by atoms with Gasteiger partial charge in [0.1, 0.15) is 0 Å². The summed E-state index contributed by atoms with van der Waals surface area (Å²) in [7, 11) is 0. The molecule has 2 fully saturated rings.